The first-order valence-corrected chi connectivity index (χ1v) is 8.80. The van der Waals surface area contributed by atoms with E-state index in [2.05, 4.69) is 4.98 Å². The second kappa shape index (κ2) is 5.66. The van der Waals surface area contributed by atoms with Gasteiger partial charge in [0.2, 0.25) is 10.0 Å². The Morgan fingerprint density at radius 2 is 2.22 bits per heavy atom. The summed E-state index contributed by atoms with van der Waals surface area (Å²) in [4.78, 5) is 5.22. The number of hydrogen-bond acceptors (Lipinski definition) is 5. The Balaban J connectivity index is 2.19. The predicted octanol–water partition coefficient (Wildman–Crippen LogP) is 2.76. The minimum atomic E-state index is -3.45. The maximum Gasteiger partial charge on any atom is 0.244 e. The van der Waals surface area contributed by atoms with Crippen LogP contribution in [0.25, 0.3) is 0 Å². The molecule has 0 saturated carbocycles. The summed E-state index contributed by atoms with van der Waals surface area (Å²) in [6.45, 7) is 0.276. The Labute approximate surface area is 119 Å². The number of thiophene rings is 1. The topological polar surface area (TPSA) is 50.3 Å². The van der Waals surface area contributed by atoms with E-state index in [9.17, 15) is 8.42 Å². The first-order valence-electron chi connectivity index (χ1n) is 5.01. The first kappa shape index (κ1) is 14.0. The van der Waals surface area contributed by atoms with Gasteiger partial charge in [-0.15, -0.1) is 34.3 Å². The van der Waals surface area contributed by atoms with E-state index in [1.807, 2.05) is 5.38 Å². The van der Waals surface area contributed by atoms with Crippen LogP contribution in [0.1, 0.15) is 10.6 Å². The Bertz CT molecular complexity index is 607. The summed E-state index contributed by atoms with van der Waals surface area (Å²) in [5.74, 6) is 0.329. The second-order valence-electron chi connectivity index (χ2n) is 3.62. The van der Waals surface area contributed by atoms with Crippen molar-refractivity contribution in [2.45, 2.75) is 17.3 Å². The molecule has 4 nitrogen and oxygen atoms in total. The molecule has 0 aliphatic rings. The van der Waals surface area contributed by atoms with Crippen molar-refractivity contribution in [3.05, 3.63) is 32.9 Å². The number of aromatic nitrogens is 1. The highest BCUT2D eigenvalue weighted by Gasteiger charge is 2.22. The third kappa shape index (κ3) is 2.92. The fraction of sp³-hybridized carbons (Fsp3) is 0.300. The maximum atomic E-state index is 12.3. The van der Waals surface area contributed by atoms with E-state index < -0.39 is 10.0 Å². The summed E-state index contributed by atoms with van der Waals surface area (Å²) in [5.41, 5.74) is 2.44. The largest absolute Gasteiger partial charge is 0.248 e. The van der Waals surface area contributed by atoms with Crippen LogP contribution in [0, 0.1) is 0 Å². The van der Waals surface area contributed by atoms with Gasteiger partial charge < -0.3 is 0 Å². The van der Waals surface area contributed by atoms with Crippen LogP contribution in [0.15, 0.2) is 27.2 Å². The molecule has 0 spiro atoms. The van der Waals surface area contributed by atoms with E-state index in [-0.39, 0.29) is 6.54 Å². The van der Waals surface area contributed by atoms with Crippen LogP contribution in [0.2, 0.25) is 0 Å². The molecule has 0 aliphatic carbocycles. The molecule has 0 bridgehead atoms. The van der Waals surface area contributed by atoms with Crippen LogP contribution in [0.3, 0.4) is 0 Å². The number of alkyl halides is 1. The Morgan fingerprint density at radius 3 is 2.78 bits per heavy atom. The molecular formula is C10H11ClN2O2S3. The molecule has 8 heteroatoms. The molecule has 0 saturated heterocycles. The van der Waals surface area contributed by atoms with Gasteiger partial charge in [-0.2, -0.15) is 4.31 Å². The lowest BCUT2D eigenvalue weighted by molar-refractivity contribution is 0.463. The van der Waals surface area contributed by atoms with Gasteiger partial charge in [0, 0.05) is 22.7 Å². The Kier molecular flexibility index (Phi) is 4.39. The van der Waals surface area contributed by atoms with Gasteiger partial charge in [-0.3, -0.25) is 0 Å². The summed E-state index contributed by atoms with van der Waals surface area (Å²) in [6, 6.07) is 1.62. The van der Waals surface area contributed by atoms with Crippen molar-refractivity contribution in [1.29, 1.82) is 0 Å². The molecule has 0 fully saturated rings. The molecule has 2 aromatic rings. The molecule has 0 unspecified atom stereocenters. The molecule has 0 radical (unpaired) electrons. The smallest absolute Gasteiger partial charge is 0.244 e. The number of thiazole rings is 1. The summed E-state index contributed by atoms with van der Waals surface area (Å²) >= 11 is 8.48. The highest BCUT2D eigenvalue weighted by Crippen LogP contribution is 2.24. The number of sulfonamides is 1. The molecule has 0 aromatic carbocycles. The van der Waals surface area contributed by atoms with Gasteiger partial charge in [0.15, 0.2) is 0 Å². The van der Waals surface area contributed by atoms with Crippen LogP contribution in [-0.4, -0.2) is 24.8 Å². The lowest BCUT2D eigenvalue weighted by Crippen LogP contribution is -2.26. The SMILES string of the molecule is CN(Cc1cscn1)S(=O)(=O)c1csc(CCl)c1. The van der Waals surface area contributed by atoms with Gasteiger partial charge in [0.25, 0.3) is 0 Å². The quantitative estimate of drug-likeness (QED) is 0.795. The van der Waals surface area contributed by atoms with Crippen LogP contribution in [0.5, 0.6) is 0 Å². The third-order valence-electron chi connectivity index (χ3n) is 2.34. The van der Waals surface area contributed by atoms with E-state index in [4.69, 9.17) is 11.6 Å². The minimum Gasteiger partial charge on any atom is -0.248 e. The molecule has 98 valence electrons. The Morgan fingerprint density at radius 1 is 1.44 bits per heavy atom. The van der Waals surface area contributed by atoms with Crippen molar-refractivity contribution >= 4 is 44.3 Å². The van der Waals surface area contributed by atoms with E-state index >= 15 is 0 Å². The van der Waals surface area contributed by atoms with Gasteiger partial charge in [0.05, 0.1) is 28.5 Å². The zero-order chi connectivity index (χ0) is 13.2. The predicted molar refractivity (Wildman–Crippen MR) is 74.6 cm³/mol. The molecule has 18 heavy (non-hydrogen) atoms. The summed E-state index contributed by atoms with van der Waals surface area (Å²) in [5, 5.41) is 3.45. The molecule has 0 atom stereocenters. The average molecular weight is 323 g/mol. The molecule has 0 aliphatic heterocycles. The molecular weight excluding hydrogens is 312 g/mol. The van der Waals surface area contributed by atoms with Crippen LogP contribution < -0.4 is 0 Å². The van der Waals surface area contributed by atoms with E-state index in [1.165, 1.54) is 27.0 Å². The zero-order valence-corrected chi connectivity index (χ0v) is 12.7. The van der Waals surface area contributed by atoms with Crippen LogP contribution in [0.4, 0.5) is 0 Å². The highest BCUT2D eigenvalue weighted by atomic mass is 35.5. The monoisotopic (exact) mass is 322 g/mol. The second-order valence-corrected chi connectivity index (χ2v) is 7.65. The molecule has 0 amide bonds. The van der Waals surface area contributed by atoms with Crippen molar-refractivity contribution in [2.75, 3.05) is 7.05 Å². The van der Waals surface area contributed by atoms with E-state index in [0.717, 1.165) is 10.6 Å². The van der Waals surface area contributed by atoms with Crippen molar-refractivity contribution in [2.24, 2.45) is 0 Å². The van der Waals surface area contributed by atoms with E-state index in [1.54, 1.807) is 24.0 Å². The number of halogens is 1. The van der Waals surface area contributed by atoms with E-state index in [0.29, 0.717) is 10.8 Å². The van der Waals surface area contributed by atoms with Crippen molar-refractivity contribution in [1.82, 2.24) is 9.29 Å². The number of hydrogen-bond donors (Lipinski definition) is 0. The van der Waals surface area contributed by atoms with Gasteiger partial charge >= 0.3 is 0 Å². The minimum absolute atomic E-state index is 0.276. The van der Waals surface area contributed by atoms with Gasteiger partial charge in [-0.05, 0) is 6.07 Å². The van der Waals surface area contributed by atoms with Gasteiger partial charge in [-0.1, -0.05) is 0 Å². The highest BCUT2D eigenvalue weighted by molar-refractivity contribution is 7.89. The lowest BCUT2D eigenvalue weighted by atomic mass is 10.5. The first-order chi connectivity index (χ1) is 8.54. The standard InChI is InChI=1S/C10H11ClN2O2S3/c1-13(4-8-5-16-7-12-8)18(14,15)10-2-9(3-11)17-6-10/h2,5-7H,3-4H2,1H3. The molecule has 2 aromatic heterocycles. The van der Waals surface area contributed by atoms with Gasteiger partial charge in [-0.25, -0.2) is 13.4 Å². The average Bonchev–Trinajstić information content (AvgIpc) is 2.99. The maximum absolute atomic E-state index is 12.3. The number of rotatable bonds is 5. The van der Waals surface area contributed by atoms with Crippen molar-refractivity contribution in [3.63, 3.8) is 0 Å². The van der Waals surface area contributed by atoms with Crippen LogP contribution in [-0.2, 0) is 22.4 Å². The molecule has 2 heterocycles. The lowest BCUT2D eigenvalue weighted by Gasteiger charge is -2.14. The van der Waals surface area contributed by atoms with Crippen molar-refractivity contribution < 1.29 is 8.42 Å². The summed E-state index contributed by atoms with van der Waals surface area (Å²) < 4.78 is 25.8. The third-order valence-corrected chi connectivity index (χ3v) is 6.29. The van der Waals surface area contributed by atoms with Gasteiger partial charge in [0.1, 0.15) is 0 Å². The summed E-state index contributed by atoms with van der Waals surface area (Å²) in [7, 11) is -1.91. The fourth-order valence-electron chi connectivity index (χ4n) is 1.37. The molecule has 0 N–H and O–H groups in total. The van der Waals surface area contributed by atoms with Crippen LogP contribution >= 0.6 is 34.3 Å². The normalized spacial score (nSPS) is 12.2. The summed E-state index contributed by atoms with van der Waals surface area (Å²) in [6.07, 6.45) is 0. The zero-order valence-electron chi connectivity index (χ0n) is 9.54. The fourth-order valence-corrected chi connectivity index (χ4v) is 4.44. The number of nitrogens with zero attached hydrogens (tertiary/aromatic N) is 2. The Hall–Kier alpha value is -0.470. The van der Waals surface area contributed by atoms with Crippen molar-refractivity contribution in [3.8, 4) is 0 Å². The molecule has 2 rings (SSSR count).